The summed E-state index contributed by atoms with van der Waals surface area (Å²) < 4.78 is 18.0. The van der Waals surface area contributed by atoms with Crippen LogP contribution in [0.25, 0.3) is 0 Å². The van der Waals surface area contributed by atoms with Crippen molar-refractivity contribution in [2.24, 2.45) is 4.99 Å². The molecule has 0 radical (unpaired) electrons. The third-order valence-electron chi connectivity index (χ3n) is 3.33. The molecule has 0 amide bonds. The van der Waals surface area contributed by atoms with Crippen LogP contribution in [0.15, 0.2) is 57.0 Å². The van der Waals surface area contributed by atoms with Crippen molar-refractivity contribution < 1.29 is 13.9 Å². The van der Waals surface area contributed by atoms with E-state index in [0.29, 0.717) is 11.7 Å². The van der Waals surface area contributed by atoms with Gasteiger partial charge in [-0.2, -0.15) is 0 Å². The summed E-state index contributed by atoms with van der Waals surface area (Å²) in [7, 11) is 0. The maximum atomic E-state index is 12.8. The van der Waals surface area contributed by atoms with E-state index in [1.807, 2.05) is 6.92 Å². The molecule has 0 spiro atoms. The molecule has 2 aromatic rings. The zero-order chi connectivity index (χ0) is 17.9. The molecule has 1 unspecified atom stereocenters. The van der Waals surface area contributed by atoms with Gasteiger partial charge in [0.25, 0.3) is 0 Å². The summed E-state index contributed by atoms with van der Waals surface area (Å²) in [6.07, 6.45) is 1.72. The molecular formula is C18H24FN3O2S. The van der Waals surface area contributed by atoms with E-state index in [1.165, 1.54) is 18.4 Å². The van der Waals surface area contributed by atoms with Gasteiger partial charge in [-0.1, -0.05) is 0 Å². The van der Waals surface area contributed by atoms with Crippen molar-refractivity contribution in [1.29, 1.82) is 0 Å². The maximum absolute atomic E-state index is 12.8. The van der Waals surface area contributed by atoms with Crippen LogP contribution < -0.4 is 10.6 Å². The molecule has 0 aliphatic heterocycles. The van der Waals surface area contributed by atoms with Crippen LogP contribution >= 0.6 is 11.8 Å². The van der Waals surface area contributed by atoms with Crippen molar-refractivity contribution in [3.05, 3.63) is 54.2 Å². The molecule has 0 saturated carbocycles. The highest BCUT2D eigenvalue weighted by Crippen LogP contribution is 2.18. The first kappa shape index (κ1) is 19.3. The number of nitrogens with zero attached hydrogens (tertiary/aromatic N) is 1. The average molecular weight is 365 g/mol. The molecular weight excluding hydrogens is 341 g/mol. The molecule has 1 aromatic heterocycles. The molecule has 0 aliphatic carbocycles. The van der Waals surface area contributed by atoms with Crippen LogP contribution in [0.2, 0.25) is 0 Å². The van der Waals surface area contributed by atoms with E-state index in [9.17, 15) is 9.50 Å². The Balaban J connectivity index is 1.69. The van der Waals surface area contributed by atoms with Crippen LogP contribution in [0.5, 0.6) is 0 Å². The van der Waals surface area contributed by atoms with E-state index in [0.717, 1.165) is 30.2 Å². The van der Waals surface area contributed by atoms with Crippen LogP contribution in [0.3, 0.4) is 0 Å². The van der Waals surface area contributed by atoms with Gasteiger partial charge in [-0.3, -0.25) is 4.99 Å². The largest absolute Gasteiger partial charge is 0.467 e. The highest BCUT2D eigenvalue weighted by Gasteiger charge is 2.09. The third kappa shape index (κ3) is 7.19. The molecule has 136 valence electrons. The van der Waals surface area contributed by atoms with Crippen LogP contribution in [-0.2, 0) is 0 Å². The standard InChI is InChI=1S/C18H24FN3O2S/c1-2-20-18(22-13-16(23)17-5-3-11-24-17)21-10-4-12-25-15-8-6-14(19)7-9-15/h3,5-9,11,16,23H,2,4,10,12-13H2,1H3,(H2,20,21,22). The second kappa shape index (κ2) is 10.8. The summed E-state index contributed by atoms with van der Waals surface area (Å²) in [6.45, 7) is 3.72. The van der Waals surface area contributed by atoms with Gasteiger partial charge in [0.05, 0.1) is 12.8 Å². The Morgan fingerprint density at radius 2 is 2.08 bits per heavy atom. The van der Waals surface area contributed by atoms with Gasteiger partial charge >= 0.3 is 0 Å². The Bertz CT molecular complexity index is 632. The van der Waals surface area contributed by atoms with Gasteiger partial charge in [0.1, 0.15) is 17.7 Å². The number of hydrogen-bond donors (Lipinski definition) is 3. The van der Waals surface area contributed by atoms with Crippen molar-refractivity contribution >= 4 is 17.7 Å². The van der Waals surface area contributed by atoms with E-state index in [-0.39, 0.29) is 12.4 Å². The lowest BCUT2D eigenvalue weighted by Crippen LogP contribution is -2.38. The number of rotatable bonds is 9. The van der Waals surface area contributed by atoms with Gasteiger partial charge in [0.2, 0.25) is 0 Å². The Labute approximate surface area is 151 Å². The molecule has 1 atom stereocenters. The molecule has 1 aromatic carbocycles. The van der Waals surface area contributed by atoms with Gasteiger partial charge in [-0.05, 0) is 55.5 Å². The first-order valence-corrected chi connectivity index (χ1v) is 9.29. The van der Waals surface area contributed by atoms with Gasteiger partial charge in [0.15, 0.2) is 5.96 Å². The van der Waals surface area contributed by atoms with Crippen LogP contribution in [0.1, 0.15) is 25.2 Å². The average Bonchev–Trinajstić information content (AvgIpc) is 3.15. The minimum absolute atomic E-state index is 0.214. The highest BCUT2D eigenvalue weighted by atomic mass is 32.2. The summed E-state index contributed by atoms with van der Waals surface area (Å²) >= 11 is 1.69. The molecule has 2 rings (SSSR count). The zero-order valence-corrected chi connectivity index (χ0v) is 15.1. The molecule has 25 heavy (non-hydrogen) atoms. The van der Waals surface area contributed by atoms with Gasteiger partial charge in [-0.25, -0.2) is 4.39 Å². The number of guanidine groups is 1. The van der Waals surface area contributed by atoms with Crippen LogP contribution in [0.4, 0.5) is 4.39 Å². The molecule has 0 saturated heterocycles. The number of benzene rings is 1. The number of thioether (sulfide) groups is 1. The Morgan fingerprint density at radius 1 is 1.28 bits per heavy atom. The van der Waals surface area contributed by atoms with Crippen molar-refractivity contribution in [2.45, 2.75) is 24.3 Å². The lowest BCUT2D eigenvalue weighted by Gasteiger charge is -2.12. The second-order valence-corrected chi connectivity index (χ2v) is 6.50. The predicted octanol–water partition coefficient (Wildman–Crippen LogP) is 3.19. The number of aliphatic hydroxyl groups is 1. The molecule has 1 heterocycles. The Hall–Kier alpha value is -1.99. The number of aliphatic hydroxyl groups excluding tert-OH is 1. The third-order valence-corrected chi connectivity index (χ3v) is 4.43. The Morgan fingerprint density at radius 3 is 2.76 bits per heavy atom. The number of halogens is 1. The predicted molar refractivity (Wildman–Crippen MR) is 99.4 cm³/mol. The van der Waals surface area contributed by atoms with Crippen molar-refractivity contribution in [1.82, 2.24) is 10.6 Å². The maximum Gasteiger partial charge on any atom is 0.191 e. The fourth-order valence-electron chi connectivity index (χ4n) is 2.09. The fourth-order valence-corrected chi connectivity index (χ4v) is 2.94. The number of nitrogens with one attached hydrogen (secondary N) is 2. The monoisotopic (exact) mass is 365 g/mol. The molecule has 0 fully saturated rings. The summed E-state index contributed by atoms with van der Waals surface area (Å²) in [6, 6.07) is 9.99. The molecule has 5 nitrogen and oxygen atoms in total. The first-order chi connectivity index (χ1) is 12.2. The molecule has 0 aliphatic rings. The quantitative estimate of drug-likeness (QED) is 0.276. The van der Waals surface area contributed by atoms with Crippen molar-refractivity contribution in [3.63, 3.8) is 0 Å². The minimum atomic E-state index is -0.750. The topological polar surface area (TPSA) is 69.8 Å². The Kier molecular flexibility index (Phi) is 8.34. The van der Waals surface area contributed by atoms with E-state index in [2.05, 4.69) is 15.6 Å². The lowest BCUT2D eigenvalue weighted by atomic mass is 10.3. The van der Waals surface area contributed by atoms with Crippen LogP contribution in [-0.4, -0.2) is 36.5 Å². The first-order valence-electron chi connectivity index (χ1n) is 8.31. The van der Waals surface area contributed by atoms with E-state index in [4.69, 9.17) is 4.42 Å². The number of hydrogen-bond acceptors (Lipinski definition) is 4. The van der Waals surface area contributed by atoms with E-state index >= 15 is 0 Å². The number of furan rings is 1. The fraction of sp³-hybridized carbons (Fsp3) is 0.389. The van der Waals surface area contributed by atoms with Gasteiger partial charge in [-0.15, -0.1) is 11.8 Å². The van der Waals surface area contributed by atoms with Gasteiger partial charge in [0, 0.05) is 18.0 Å². The minimum Gasteiger partial charge on any atom is -0.467 e. The molecule has 3 N–H and O–H groups in total. The zero-order valence-electron chi connectivity index (χ0n) is 14.2. The summed E-state index contributed by atoms with van der Waals surface area (Å²) in [5.74, 6) is 1.89. The highest BCUT2D eigenvalue weighted by molar-refractivity contribution is 7.99. The summed E-state index contributed by atoms with van der Waals surface area (Å²) in [4.78, 5) is 5.43. The lowest BCUT2D eigenvalue weighted by molar-refractivity contribution is 0.158. The summed E-state index contributed by atoms with van der Waals surface area (Å²) in [5.41, 5.74) is 0. The van der Waals surface area contributed by atoms with Crippen molar-refractivity contribution in [3.8, 4) is 0 Å². The van der Waals surface area contributed by atoms with Crippen LogP contribution in [0, 0.1) is 5.82 Å². The second-order valence-electron chi connectivity index (χ2n) is 5.33. The smallest absolute Gasteiger partial charge is 0.191 e. The van der Waals surface area contributed by atoms with Crippen molar-refractivity contribution in [2.75, 3.05) is 25.4 Å². The number of aliphatic imine (C=N–C) groups is 1. The molecule has 0 bridgehead atoms. The summed E-state index contributed by atoms with van der Waals surface area (Å²) in [5, 5.41) is 16.4. The normalized spacial score (nSPS) is 12.8. The van der Waals surface area contributed by atoms with E-state index in [1.54, 1.807) is 36.0 Å². The molecule has 7 heteroatoms. The van der Waals surface area contributed by atoms with E-state index < -0.39 is 6.10 Å². The SMILES string of the molecule is CCNC(=NCC(O)c1ccco1)NCCCSc1ccc(F)cc1. The van der Waals surface area contributed by atoms with Gasteiger partial charge < -0.3 is 20.2 Å².